The predicted octanol–water partition coefficient (Wildman–Crippen LogP) is 3.49. The summed E-state index contributed by atoms with van der Waals surface area (Å²) in [6.07, 6.45) is 0.466. The number of amides is 1. The number of Topliss-reactive ketones (excluding diaryl/α,β-unsaturated/α-hetero) is 1. The summed E-state index contributed by atoms with van der Waals surface area (Å²) < 4.78 is 0. The number of carbonyl (C=O) groups excluding carboxylic acids is 2. The Kier molecular flexibility index (Phi) is 6.41. The zero-order chi connectivity index (χ0) is 17.7. The molecule has 1 aromatic carbocycles. The highest BCUT2D eigenvalue weighted by atomic mass is 35.5. The highest BCUT2D eigenvalue weighted by molar-refractivity contribution is 6.34. The first-order chi connectivity index (χ1) is 11.3. The van der Waals surface area contributed by atoms with Gasteiger partial charge in [0, 0.05) is 51.1 Å². The molecule has 2 rings (SSSR count). The molecule has 132 valence electrons. The Labute approximate surface area is 149 Å². The second-order valence-electron chi connectivity index (χ2n) is 7.62. The van der Waals surface area contributed by atoms with Crippen molar-refractivity contribution >= 4 is 23.3 Å². The number of carbonyl (C=O) groups is 2. The minimum atomic E-state index is -0.0691. The van der Waals surface area contributed by atoms with Crippen molar-refractivity contribution in [1.29, 1.82) is 0 Å². The van der Waals surface area contributed by atoms with E-state index in [4.69, 9.17) is 11.6 Å². The molecule has 1 aliphatic heterocycles. The van der Waals surface area contributed by atoms with Crippen molar-refractivity contribution in [3.05, 3.63) is 34.9 Å². The van der Waals surface area contributed by atoms with Crippen LogP contribution < -0.4 is 0 Å². The Morgan fingerprint density at radius 1 is 1.04 bits per heavy atom. The summed E-state index contributed by atoms with van der Waals surface area (Å²) in [6.45, 7) is 11.0. The van der Waals surface area contributed by atoms with Gasteiger partial charge >= 0.3 is 0 Å². The molecule has 0 bridgehead atoms. The minimum absolute atomic E-state index is 0.0609. The first-order valence-corrected chi connectivity index (χ1v) is 8.92. The topological polar surface area (TPSA) is 40.6 Å². The summed E-state index contributed by atoms with van der Waals surface area (Å²) in [5.74, 6) is -0.00821. The molecule has 0 N–H and O–H groups in total. The van der Waals surface area contributed by atoms with E-state index in [-0.39, 0.29) is 29.9 Å². The molecular formula is C19H27ClN2O2. The van der Waals surface area contributed by atoms with Crippen LogP contribution in [0.15, 0.2) is 24.3 Å². The molecule has 0 saturated carbocycles. The summed E-state index contributed by atoms with van der Waals surface area (Å²) in [5, 5.41) is 0.450. The summed E-state index contributed by atoms with van der Waals surface area (Å²) in [5.41, 5.74) is 0.773. The largest absolute Gasteiger partial charge is 0.340 e. The SMILES string of the molecule is CC(C)(C)CN1CCN(C(=O)CCC(=O)c2ccccc2Cl)CC1. The normalized spacial score (nSPS) is 16.2. The van der Waals surface area contributed by atoms with Gasteiger partial charge in [-0.1, -0.05) is 44.5 Å². The molecule has 0 radical (unpaired) electrons. The standard InChI is InChI=1S/C19H27ClN2O2/c1-19(2,3)14-21-10-12-22(13-11-21)18(24)9-8-17(23)15-6-4-5-7-16(15)20/h4-7H,8-14H2,1-3H3. The van der Waals surface area contributed by atoms with Gasteiger partial charge < -0.3 is 4.90 Å². The molecule has 1 heterocycles. The van der Waals surface area contributed by atoms with Crippen LogP contribution in [0.2, 0.25) is 5.02 Å². The van der Waals surface area contributed by atoms with E-state index in [1.54, 1.807) is 24.3 Å². The number of halogens is 1. The molecule has 0 aliphatic carbocycles. The van der Waals surface area contributed by atoms with Crippen LogP contribution >= 0.6 is 11.6 Å². The molecule has 4 nitrogen and oxygen atoms in total. The average Bonchev–Trinajstić information content (AvgIpc) is 2.52. The van der Waals surface area contributed by atoms with Crippen molar-refractivity contribution in [3.63, 3.8) is 0 Å². The van der Waals surface area contributed by atoms with Gasteiger partial charge in [-0.2, -0.15) is 0 Å². The average molecular weight is 351 g/mol. The fourth-order valence-electron chi connectivity index (χ4n) is 3.03. The van der Waals surface area contributed by atoms with Crippen LogP contribution in [0, 0.1) is 5.41 Å². The van der Waals surface area contributed by atoms with Crippen LogP contribution in [-0.4, -0.2) is 54.2 Å². The molecule has 0 spiro atoms. The quantitative estimate of drug-likeness (QED) is 0.763. The first-order valence-electron chi connectivity index (χ1n) is 8.54. The fraction of sp³-hybridized carbons (Fsp3) is 0.579. The van der Waals surface area contributed by atoms with Gasteiger partial charge in [-0.15, -0.1) is 0 Å². The maximum atomic E-state index is 12.3. The van der Waals surface area contributed by atoms with Crippen molar-refractivity contribution < 1.29 is 9.59 Å². The minimum Gasteiger partial charge on any atom is -0.340 e. The number of piperazine rings is 1. The molecule has 1 amide bonds. The molecular weight excluding hydrogens is 324 g/mol. The number of benzene rings is 1. The van der Waals surface area contributed by atoms with E-state index in [9.17, 15) is 9.59 Å². The van der Waals surface area contributed by atoms with Crippen LogP contribution in [-0.2, 0) is 4.79 Å². The molecule has 5 heteroatoms. The van der Waals surface area contributed by atoms with Gasteiger partial charge in [-0.3, -0.25) is 14.5 Å². The van der Waals surface area contributed by atoms with E-state index in [2.05, 4.69) is 25.7 Å². The highest BCUT2D eigenvalue weighted by Crippen LogP contribution is 2.19. The maximum Gasteiger partial charge on any atom is 0.223 e. The van der Waals surface area contributed by atoms with Crippen molar-refractivity contribution in [3.8, 4) is 0 Å². The number of hydrogen-bond acceptors (Lipinski definition) is 3. The van der Waals surface area contributed by atoms with Crippen LogP contribution in [0.25, 0.3) is 0 Å². The van der Waals surface area contributed by atoms with E-state index in [0.29, 0.717) is 10.6 Å². The zero-order valence-corrected chi connectivity index (χ0v) is 15.6. The van der Waals surface area contributed by atoms with Crippen molar-refractivity contribution in [1.82, 2.24) is 9.80 Å². The van der Waals surface area contributed by atoms with Crippen LogP contribution in [0.4, 0.5) is 0 Å². The summed E-state index contributed by atoms with van der Waals surface area (Å²) in [6, 6.07) is 6.99. The van der Waals surface area contributed by atoms with E-state index < -0.39 is 0 Å². The van der Waals surface area contributed by atoms with Crippen molar-refractivity contribution in [2.45, 2.75) is 33.6 Å². The van der Waals surface area contributed by atoms with E-state index in [1.807, 2.05) is 4.90 Å². The Balaban J connectivity index is 1.78. The molecule has 1 aromatic rings. The van der Waals surface area contributed by atoms with Gasteiger partial charge in [-0.25, -0.2) is 0 Å². The Morgan fingerprint density at radius 3 is 2.25 bits per heavy atom. The third kappa shape index (κ3) is 5.60. The Bertz CT molecular complexity index is 587. The zero-order valence-electron chi connectivity index (χ0n) is 14.8. The Hall–Kier alpha value is -1.39. The van der Waals surface area contributed by atoms with Gasteiger partial charge in [0.2, 0.25) is 5.91 Å². The lowest BCUT2D eigenvalue weighted by atomic mass is 9.96. The summed E-state index contributed by atoms with van der Waals surface area (Å²) >= 11 is 6.03. The predicted molar refractivity (Wildman–Crippen MR) is 97.5 cm³/mol. The van der Waals surface area contributed by atoms with Gasteiger partial charge in [0.15, 0.2) is 5.78 Å². The second kappa shape index (κ2) is 8.13. The monoisotopic (exact) mass is 350 g/mol. The molecule has 1 fully saturated rings. The highest BCUT2D eigenvalue weighted by Gasteiger charge is 2.24. The van der Waals surface area contributed by atoms with Crippen LogP contribution in [0.1, 0.15) is 44.0 Å². The number of nitrogens with zero attached hydrogens (tertiary/aromatic N) is 2. The third-order valence-corrected chi connectivity index (χ3v) is 4.49. The second-order valence-corrected chi connectivity index (χ2v) is 8.03. The lowest BCUT2D eigenvalue weighted by molar-refractivity contribution is -0.133. The van der Waals surface area contributed by atoms with Crippen molar-refractivity contribution in [2.75, 3.05) is 32.7 Å². The van der Waals surface area contributed by atoms with Gasteiger partial charge in [0.05, 0.1) is 5.02 Å². The molecule has 0 aromatic heterocycles. The summed E-state index contributed by atoms with van der Waals surface area (Å²) in [7, 11) is 0. The van der Waals surface area contributed by atoms with E-state index >= 15 is 0 Å². The van der Waals surface area contributed by atoms with Gasteiger partial charge in [0.1, 0.15) is 0 Å². The molecule has 0 unspecified atom stereocenters. The lowest BCUT2D eigenvalue weighted by Crippen LogP contribution is -2.50. The molecule has 1 saturated heterocycles. The van der Waals surface area contributed by atoms with E-state index in [0.717, 1.165) is 32.7 Å². The maximum absolute atomic E-state index is 12.3. The molecule has 24 heavy (non-hydrogen) atoms. The lowest BCUT2D eigenvalue weighted by Gasteiger charge is -2.37. The number of rotatable bonds is 5. The fourth-order valence-corrected chi connectivity index (χ4v) is 3.27. The summed E-state index contributed by atoms with van der Waals surface area (Å²) in [4.78, 5) is 28.8. The first kappa shape index (κ1) is 18.9. The van der Waals surface area contributed by atoms with Crippen LogP contribution in [0.5, 0.6) is 0 Å². The molecule has 0 atom stereocenters. The van der Waals surface area contributed by atoms with Crippen LogP contribution in [0.3, 0.4) is 0 Å². The molecule has 1 aliphatic rings. The third-order valence-electron chi connectivity index (χ3n) is 4.16. The van der Waals surface area contributed by atoms with Gasteiger partial charge in [-0.05, 0) is 17.5 Å². The smallest absolute Gasteiger partial charge is 0.223 e. The van der Waals surface area contributed by atoms with Gasteiger partial charge in [0.25, 0.3) is 0 Å². The number of ketones is 1. The number of hydrogen-bond donors (Lipinski definition) is 0. The Morgan fingerprint density at radius 2 is 1.67 bits per heavy atom. The van der Waals surface area contributed by atoms with Crippen molar-refractivity contribution in [2.24, 2.45) is 5.41 Å². The van der Waals surface area contributed by atoms with E-state index in [1.165, 1.54) is 0 Å².